The number of likely N-dealkylation sites (N-methyl/N-ethyl adjacent to an activating group) is 1. The Balaban J connectivity index is 1.58. The summed E-state index contributed by atoms with van der Waals surface area (Å²) in [6.45, 7) is 8.47. The summed E-state index contributed by atoms with van der Waals surface area (Å²) in [7, 11) is 3.15. The fraction of sp³-hybridized carbons (Fsp3) is 0.567. The molecule has 4 aliphatic rings. The number of Topliss-reactive ketones (excluding diaryl/α,β-unsaturated/α-hetero) is 2. The summed E-state index contributed by atoms with van der Waals surface area (Å²) in [4.78, 5) is 40.8. The number of phenolic OH excluding ortho intramolecular Hbond substituents is 1. The maximum atomic E-state index is 14.0. The maximum Gasteiger partial charge on any atom is 0.255 e. The zero-order chi connectivity index (χ0) is 30.4. The van der Waals surface area contributed by atoms with Gasteiger partial charge in [0, 0.05) is 28.6 Å². The SMILES string of the molecule is CN(C)[C@H]1C(=O)C(C(N)=O)=C(O)[C@]2(O)C(=O)C3=C(O)c4c(ccc(NC5CC(C)(C)NC(C)(C)C5)c4O)C[C@@H]3C[C@H]12. The number of phenols is 1. The highest BCUT2D eigenvalue weighted by Gasteiger charge is 2.64. The summed E-state index contributed by atoms with van der Waals surface area (Å²) in [6.07, 6.45) is 1.89. The molecular weight excluding hydrogens is 528 g/mol. The number of benzene rings is 1. The van der Waals surface area contributed by atoms with E-state index >= 15 is 0 Å². The number of carbonyl (C=O) groups excluding carboxylic acids is 3. The normalized spacial score (nSPS) is 31.1. The van der Waals surface area contributed by atoms with Crippen LogP contribution in [0.15, 0.2) is 29.0 Å². The second kappa shape index (κ2) is 9.30. The molecule has 222 valence electrons. The van der Waals surface area contributed by atoms with E-state index in [-0.39, 0.29) is 46.8 Å². The minimum atomic E-state index is -2.65. The zero-order valence-electron chi connectivity index (χ0n) is 24.3. The number of primary amides is 1. The van der Waals surface area contributed by atoms with E-state index in [4.69, 9.17) is 5.73 Å². The van der Waals surface area contributed by atoms with E-state index in [0.717, 1.165) is 12.8 Å². The number of hydrogen-bond acceptors (Lipinski definition) is 10. The summed E-state index contributed by atoms with van der Waals surface area (Å²) >= 11 is 0. The molecule has 4 atom stereocenters. The van der Waals surface area contributed by atoms with Gasteiger partial charge in [0.05, 0.1) is 17.3 Å². The van der Waals surface area contributed by atoms with Crippen LogP contribution in [0.1, 0.15) is 58.1 Å². The lowest BCUT2D eigenvalue weighted by Crippen LogP contribution is -2.65. The third-order valence-electron chi connectivity index (χ3n) is 9.14. The van der Waals surface area contributed by atoms with Crippen LogP contribution in [0.3, 0.4) is 0 Å². The molecule has 5 rings (SSSR count). The molecule has 0 bridgehead atoms. The molecule has 1 aromatic carbocycles. The van der Waals surface area contributed by atoms with Crippen molar-refractivity contribution >= 4 is 28.9 Å². The average molecular weight is 569 g/mol. The first-order chi connectivity index (χ1) is 18.9. The molecule has 2 fully saturated rings. The number of aliphatic hydroxyl groups is 3. The van der Waals surface area contributed by atoms with Gasteiger partial charge in [-0.2, -0.15) is 0 Å². The Hall–Kier alpha value is -3.41. The van der Waals surface area contributed by atoms with E-state index in [1.165, 1.54) is 4.90 Å². The molecule has 0 radical (unpaired) electrons. The van der Waals surface area contributed by atoms with Gasteiger partial charge in [0.15, 0.2) is 11.4 Å². The average Bonchev–Trinajstić information content (AvgIpc) is 2.80. The standard InChI is InChI=1S/C30H40N4O7/c1-28(2)11-15(12-29(3,4)33-28)32-17-8-7-13-9-14-10-16-21(34(5)6)24(37)20(27(31)40)26(39)30(16,41)25(38)19(14)23(36)18(13)22(17)35/h7-8,14-16,21,32-33,35-36,39,41H,9-12H2,1-6H3,(H2,31,40)/t14-,16-,21-,30-/m1/s1. The van der Waals surface area contributed by atoms with Gasteiger partial charge in [-0.25, -0.2) is 0 Å². The van der Waals surface area contributed by atoms with Crippen LogP contribution in [-0.2, 0) is 20.8 Å². The van der Waals surface area contributed by atoms with Gasteiger partial charge in [-0.3, -0.25) is 19.3 Å². The lowest BCUT2D eigenvalue weighted by Gasteiger charge is -2.50. The monoisotopic (exact) mass is 568 g/mol. The first-order valence-electron chi connectivity index (χ1n) is 13.9. The fourth-order valence-corrected chi connectivity index (χ4v) is 7.98. The molecule has 11 nitrogen and oxygen atoms in total. The molecule has 0 spiro atoms. The number of piperidine rings is 1. The van der Waals surface area contributed by atoms with Crippen LogP contribution >= 0.6 is 0 Å². The molecular formula is C30H40N4O7. The number of hydrogen-bond donors (Lipinski definition) is 7. The molecule has 1 aromatic rings. The van der Waals surface area contributed by atoms with E-state index < -0.39 is 58.0 Å². The van der Waals surface area contributed by atoms with Crippen molar-refractivity contribution in [2.75, 3.05) is 19.4 Å². The Kier molecular flexibility index (Phi) is 6.60. The molecule has 1 aliphatic heterocycles. The van der Waals surface area contributed by atoms with Gasteiger partial charge in [-0.15, -0.1) is 0 Å². The molecule has 1 saturated heterocycles. The quantitative estimate of drug-likeness (QED) is 0.208. The van der Waals surface area contributed by atoms with Gasteiger partial charge in [0.1, 0.15) is 22.8 Å². The largest absolute Gasteiger partial charge is 0.508 e. The Morgan fingerprint density at radius 3 is 2.24 bits per heavy atom. The molecule has 1 saturated carbocycles. The van der Waals surface area contributed by atoms with Gasteiger partial charge >= 0.3 is 0 Å². The Morgan fingerprint density at radius 1 is 1.07 bits per heavy atom. The van der Waals surface area contributed by atoms with Gasteiger partial charge in [0.25, 0.3) is 5.91 Å². The molecule has 0 unspecified atom stereocenters. The predicted octanol–water partition coefficient (Wildman–Crippen LogP) is 1.69. The highest BCUT2D eigenvalue weighted by atomic mass is 16.3. The Labute approximate surface area is 239 Å². The number of amides is 1. The predicted molar refractivity (Wildman–Crippen MR) is 152 cm³/mol. The first-order valence-corrected chi connectivity index (χ1v) is 13.9. The van der Waals surface area contributed by atoms with Crippen molar-refractivity contribution in [2.45, 2.75) is 82.1 Å². The van der Waals surface area contributed by atoms with E-state index in [2.05, 4.69) is 38.3 Å². The lowest BCUT2D eigenvalue weighted by molar-refractivity contribution is -0.153. The molecule has 1 amide bonds. The number of aromatic hydroxyl groups is 1. The molecule has 1 heterocycles. The van der Waals surface area contributed by atoms with E-state index in [1.807, 2.05) is 0 Å². The number of fused-ring (bicyclic) bond motifs is 3. The number of nitrogens with zero attached hydrogens (tertiary/aromatic N) is 1. The second-order valence-corrected chi connectivity index (χ2v) is 13.6. The van der Waals surface area contributed by atoms with Gasteiger partial charge in [-0.1, -0.05) is 6.07 Å². The van der Waals surface area contributed by atoms with Crippen LogP contribution in [0.2, 0.25) is 0 Å². The molecule has 8 N–H and O–H groups in total. The van der Waals surface area contributed by atoms with Crippen LogP contribution in [0.5, 0.6) is 5.75 Å². The molecule has 11 heteroatoms. The number of aliphatic hydroxyl groups excluding tert-OH is 2. The second-order valence-electron chi connectivity index (χ2n) is 13.6. The molecule has 41 heavy (non-hydrogen) atoms. The van der Waals surface area contributed by atoms with Crippen molar-refractivity contribution in [3.63, 3.8) is 0 Å². The summed E-state index contributed by atoms with van der Waals surface area (Å²) < 4.78 is 0. The molecule has 3 aliphatic carbocycles. The van der Waals surface area contributed by atoms with Crippen LogP contribution in [0.25, 0.3) is 5.76 Å². The lowest BCUT2D eigenvalue weighted by atomic mass is 9.57. The van der Waals surface area contributed by atoms with Crippen LogP contribution in [0.4, 0.5) is 5.69 Å². The van der Waals surface area contributed by atoms with Crippen molar-refractivity contribution in [3.05, 3.63) is 40.2 Å². The van der Waals surface area contributed by atoms with Crippen LogP contribution in [0, 0.1) is 11.8 Å². The van der Waals surface area contributed by atoms with Crippen molar-refractivity contribution in [2.24, 2.45) is 17.6 Å². The van der Waals surface area contributed by atoms with Crippen molar-refractivity contribution in [1.29, 1.82) is 0 Å². The van der Waals surface area contributed by atoms with Crippen LogP contribution in [-0.4, -0.2) is 85.7 Å². The summed E-state index contributed by atoms with van der Waals surface area (Å²) in [6, 6.07) is 2.47. The van der Waals surface area contributed by atoms with Crippen molar-refractivity contribution in [3.8, 4) is 5.75 Å². The highest BCUT2D eigenvalue weighted by Crippen LogP contribution is 2.53. The smallest absolute Gasteiger partial charge is 0.255 e. The van der Waals surface area contributed by atoms with Crippen LogP contribution < -0.4 is 16.4 Å². The third-order valence-corrected chi connectivity index (χ3v) is 9.14. The first kappa shape index (κ1) is 29.1. The van der Waals surface area contributed by atoms with E-state index in [1.54, 1.807) is 26.2 Å². The van der Waals surface area contributed by atoms with Crippen molar-refractivity contribution in [1.82, 2.24) is 10.2 Å². The van der Waals surface area contributed by atoms with Gasteiger partial charge in [0.2, 0.25) is 5.78 Å². The highest BCUT2D eigenvalue weighted by molar-refractivity contribution is 6.24. The van der Waals surface area contributed by atoms with E-state index in [9.17, 15) is 34.8 Å². The fourth-order valence-electron chi connectivity index (χ4n) is 7.98. The number of ketones is 2. The zero-order valence-corrected chi connectivity index (χ0v) is 24.3. The minimum absolute atomic E-state index is 0.0196. The number of anilines is 1. The van der Waals surface area contributed by atoms with Crippen molar-refractivity contribution < 1.29 is 34.8 Å². The van der Waals surface area contributed by atoms with Gasteiger partial charge < -0.3 is 36.8 Å². The Morgan fingerprint density at radius 2 is 1.68 bits per heavy atom. The number of carbonyl (C=O) groups is 3. The number of nitrogens with two attached hydrogens (primary N) is 1. The third kappa shape index (κ3) is 4.41. The summed E-state index contributed by atoms with van der Waals surface area (Å²) in [5.74, 6) is -6.54. The van der Waals surface area contributed by atoms with E-state index in [0.29, 0.717) is 11.3 Å². The Bertz CT molecular complexity index is 1410. The number of nitrogens with one attached hydrogen (secondary N) is 2. The molecule has 0 aromatic heterocycles. The number of rotatable bonds is 4. The summed E-state index contributed by atoms with van der Waals surface area (Å²) in [5, 5.41) is 52.6. The topological polar surface area (TPSA) is 185 Å². The maximum absolute atomic E-state index is 14.0. The minimum Gasteiger partial charge on any atom is -0.508 e. The summed E-state index contributed by atoms with van der Waals surface area (Å²) in [5.41, 5.74) is 2.56. The van der Waals surface area contributed by atoms with Gasteiger partial charge in [-0.05, 0) is 85.0 Å².